The maximum atomic E-state index is 12.7. The maximum absolute atomic E-state index is 12.7. The lowest BCUT2D eigenvalue weighted by Crippen LogP contribution is -2.51. The highest BCUT2D eigenvalue weighted by atomic mass is 16.6. The predicted octanol–water partition coefficient (Wildman–Crippen LogP) is 2.51. The molecule has 0 saturated carbocycles. The van der Waals surface area contributed by atoms with Crippen LogP contribution in [0.5, 0.6) is 0 Å². The Labute approximate surface area is 159 Å². The van der Waals surface area contributed by atoms with Crippen LogP contribution >= 0.6 is 0 Å². The second-order valence-corrected chi connectivity index (χ2v) is 7.96. The van der Waals surface area contributed by atoms with Gasteiger partial charge in [-0.3, -0.25) is 9.59 Å². The molecule has 0 radical (unpaired) electrons. The van der Waals surface area contributed by atoms with Crippen LogP contribution in [0.25, 0.3) is 0 Å². The van der Waals surface area contributed by atoms with Gasteiger partial charge in [0, 0.05) is 50.4 Å². The normalized spacial score (nSPS) is 18.0. The number of anilines is 1. The fourth-order valence-corrected chi connectivity index (χ4v) is 3.31. The van der Waals surface area contributed by atoms with E-state index in [1.165, 1.54) is 0 Å². The smallest absolute Gasteiger partial charge is 0.410 e. The fraction of sp³-hybridized carbons (Fsp3) is 0.550. The van der Waals surface area contributed by atoms with Crippen LogP contribution in [0.15, 0.2) is 24.3 Å². The van der Waals surface area contributed by atoms with E-state index in [2.05, 4.69) is 0 Å². The van der Waals surface area contributed by atoms with Gasteiger partial charge in [0.2, 0.25) is 5.91 Å². The van der Waals surface area contributed by atoms with Crippen LogP contribution in [0, 0.1) is 0 Å². The van der Waals surface area contributed by atoms with Gasteiger partial charge in [0.25, 0.3) is 5.91 Å². The molecule has 27 heavy (non-hydrogen) atoms. The van der Waals surface area contributed by atoms with Gasteiger partial charge >= 0.3 is 6.09 Å². The van der Waals surface area contributed by atoms with Gasteiger partial charge in [-0.05, 0) is 51.5 Å². The van der Waals surface area contributed by atoms with Crippen LogP contribution in [0.2, 0.25) is 0 Å². The third-order valence-corrected chi connectivity index (χ3v) is 4.72. The summed E-state index contributed by atoms with van der Waals surface area (Å²) in [4.78, 5) is 41.8. The summed E-state index contributed by atoms with van der Waals surface area (Å²) in [6.07, 6.45) is 1.12. The molecule has 0 bridgehead atoms. The second kappa shape index (κ2) is 7.58. The van der Waals surface area contributed by atoms with E-state index in [4.69, 9.17) is 4.74 Å². The van der Waals surface area contributed by atoms with Crippen molar-refractivity contribution in [2.45, 2.75) is 39.2 Å². The zero-order chi connectivity index (χ0) is 19.6. The zero-order valence-electron chi connectivity index (χ0n) is 16.2. The van der Waals surface area contributed by atoms with Gasteiger partial charge in [-0.25, -0.2) is 4.79 Å². The molecule has 146 valence electrons. The summed E-state index contributed by atoms with van der Waals surface area (Å²) < 4.78 is 5.38. The Bertz CT molecular complexity index is 716. The van der Waals surface area contributed by atoms with Crippen molar-refractivity contribution >= 4 is 23.6 Å². The van der Waals surface area contributed by atoms with Gasteiger partial charge in [0.1, 0.15) is 5.60 Å². The van der Waals surface area contributed by atoms with Crippen molar-refractivity contribution < 1.29 is 19.1 Å². The molecule has 1 aromatic carbocycles. The van der Waals surface area contributed by atoms with Crippen molar-refractivity contribution in [3.8, 4) is 0 Å². The summed E-state index contributed by atoms with van der Waals surface area (Å²) in [5, 5.41) is 0. The highest BCUT2D eigenvalue weighted by molar-refractivity contribution is 5.97. The molecular formula is C20H27N3O4. The number of nitrogens with zero attached hydrogens (tertiary/aromatic N) is 3. The minimum absolute atomic E-state index is 0.0573. The summed E-state index contributed by atoms with van der Waals surface area (Å²) in [6.45, 7) is 8.12. The average Bonchev–Trinajstić information content (AvgIpc) is 3.06. The van der Waals surface area contributed by atoms with Gasteiger partial charge in [-0.2, -0.15) is 0 Å². The van der Waals surface area contributed by atoms with Crippen LogP contribution in [-0.2, 0) is 9.53 Å². The van der Waals surface area contributed by atoms with Gasteiger partial charge in [-0.1, -0.05) is 0 Å². The van der Waals surface area contributed by atoms with Crippen molar-refractivity contribution in [1.82, 2.24) is 9.80 Å². The van der Waals surface area contributed by atoms with Crippen molar-refractivity contribution in [2.24, 2.45) is 0 Å². The quantitative estimate of drug-likeness (QED) is 0.799. The second-order valence-electron chi connectivity index (χ2n) is 7.96. The number of carbonyl (C=O) groups is 3. The molecule has 1 aromatic rings. The summed E-state index contributed by atoms with van der Waals surface area (Å²) in [6, 6.07) is 7.19. The molecule has 3 rings (SSSR count). The molecule has 7 heteroatoms. The monoisotopic (exact) mass is 373 g/mol. The summed E-state index contributed by atoms with van der Waals surface area (Å²) in [5.74, 6) is 0.0745. The molecule has 2 heterocycles. The molecule has 2 aliphatic rings. The van der Waals surface area contributed by atoms with E-state index >= 15 is 0 Å². The topological polar surface area (TPSA) is 70.2 Å². The van der Waals surface area contributed by atoms with Crippen LogP contribution < -0.4 is 4.90 Å². The van der Waals surface area contributed by atoms with E-state index in [1.807, 2.05) is 32.9 Å². The van der Waals surface area contributed by atoms with E-state index in [0.717, 1.165) is 18.7 Å². The number of ether oxygens (including phenoxy) is 1. The van der Waals surface area contributed by atoms with Crippen molar-refractivity contribution in [1.29, 1.82) is 0 Å². The highest BCUT2D eigenvalue weighted by Crippen LogP contribution is 2.22. The maximum Gasteiger partial charge on any atom is 0.410 e. The van der Waals surface area contributed by atoms with Crippen LogP contribution in [-0.4, -0.2) is 66.0 Å². The lowest BCUT2D eigenvalue weighted by Gasteiger charge is -2.35. The lowest BCUT2D eigenvalue weighted by molar-refractivity contribution is -0.117. The Hall–Kier alpha value is -2.57. The molecule has 0 unspecified atom stereocenters. The van der Waals surface area contributed by atoms with Gasteiger partial charge in [0.05, 0.1) is 0 Å². The SMILES string of the molecule is CC(C)(C)OC(=O)N1CCN(C(=O)c2ccc(N3CCCC3=O)cc2)CC1. The number of hydrogen-bond acceptors (Lipinski definition) is 4. The molecule has 0 spiro atoms. The van der Waals surface area contributed by atoms with Crippen molar-refractivity contribution in [2.75, 3.05) is 37.6 Å². The largest absolute Gasteiger partial charge is 0.444 e. The first kappa shape index (κ1) is 19.2. The third-order valence-electron chi connectivity index (χ3n) is 4.72. The molecule has 2 fully saturated rings. The first-order valence-electron chi connectivity index (χ1n) is 9.42. The average molecular weight is 373 g/mol. The van der Waals surface area contributed by atoms with E-state index in [0.29, 0.717) is 38.2 Å². The van der Waals surface area contributed by atoms with Crippen molar-refractivity contribution in [3.05, 3.63) is 29.8 Å². The number of rotatable bonds is 2. The van der Waals surface area contributed by atoms with E-state index in [9.17, 15) is 14.4 Å². The highest BCUT2D eigenvalue weighted by Gasteiger charge is 2.28. The van der Waals surface area contributed by atoms with Crippen molar-refractivity contribution in [3.63, 3.8) is 0 Å². The van der Waals surface area contributed by atoms with Crippen LogP contribution in [0.1, 0.15) is 44.0 Å². The standard InChI is InChI=1S/C20H27N3O4/c1-20(2,3)27-19(26)22-13-11-21(12-14-22)18(25)15-6-8-16(9-7-15)23-10-4-5-17(23)24/h6-9H,4-5,10-14H2,1-3H3. The molecule has 7 nitrogen and oxygen atoms in total. The Kier molecular flexibility index (Phi) is 5.39. The molecule has 0 aromatic heterocycles. The molecule has 0 atom stereocenters. The number of piperazine rings is 1. The van der Waals surface area contributed by atoms with Crippen LogP contribution in [0.4, 0.5) is 10.5 Å². The minimum atomic E-state index is -0.525. The first-order valence-corrected chi connectivity index (χ1v) is 9.42. The summed E-state index contributed by atoms with van der Waals surface area (Å²) >= 11 is 0. The lowest BCUT2D eigenvalue weighted by atomic mass is 10.1. The molecule has 0 aliphatic carbocycles. The summed E-state index contributed by atoms with van der Waals surface area (Å²) in [5.41, 5.74) is 0.905. The van der Waals surface area contributed by atoms with E-state index in [1.54, 1.807) is 26.8 Å². The Morgan fingerprint density at radius 3 is 2.04 bits per heavy atom. The fourth-order valence-electron chi connectivity index (χ4n) is 3.31. The number of benzene rings is 1. The predicted molar refractivity (Wildman–Crippen MR) is 102 cm³/mol. The molecule has 2 saturated heterocycles. The molecule has 3 amide bonds. The molecular weight excluding hydrogens is 346 g/mol. The van der Waals surface area contributed by atoms with E-state index in [-0.39, 0.29) is 17.9 Å². The number of hydrogen-bond donors (Lipinski definition) is 0. The number of amides is 3. The van der Waals surface area contributed by atoms with Gasteiger partial charge < -0.3 is 19.4 Å². The van der Waals surface area contributed by atoms with E-state index < -0.39 is 5.60 Å². The number of carbonyl (C=O) groups excluding carboxylic acids is 3. The first-order chi connectivity index (χ1) is 12.7. The third kappa shape index (κ3) is 4.59. The minimum Gasteiger partial charge on any atom is -0.444 e. The molecule has 2 aliphatic heterocycles. The molecule has 0 N–H and O–H groups in total. The van der Waals surface area contributed by atoms with Gasteiger partial charge in [-0.15, -0.1) is 0 Å². The summed E-state index contributed by atoms with van der Waals surface area (Å²) in [7, 11) is 0. The Morgan fingerprint density at radius 2 is 1.52 bits per heavy atom. The Balaban J connectivity index is 1.56. The van der Waals surface area contributed by atoms with Crippen LogP contribution in [0.3, 0.4) is 0 Å². The Morgan fingerprint density at radius 1 is 0.926 bits per heavy atom. The van der Waals surface area contributed by atoms with Gasteiger partial charge in [0.15, 0.2) is 0 Å². The zero-order valence-corrected chi connectivity index (χ0v) is 16.2.